The van der Waals surface area contributed by atoms with Crippen LogP contribution in [0.3, 0.4) is 0 Å². The number of aromatic hydroxyl groups is 2. The van der Waals surface area contributed by atoms with Crippen LogP contribution in [0.4, 0.5) is 0 Å². The molecule has 0 aliphatic heterocycles. The van der Waals surface area contributed by atoms with Gasteiger partial charge in [0.05, 0.1) is 25.1 Å². The molecule has 1 aromatic carbocycles. The van der Waals surface area contributed by atoms with Gasteiger partial charge in [-0.2, -0.15) is 0 Å². The topological polar surface area (TPSA) is 122 Å². The van der Waals surface area contributed by atoms with Crippen LogP contribution >= 0.6 is 11.9 Å². The molecule has 0 aliphatic carbocycles. The Bertz CT molecular complexity index is 222. The molecule has 0 saturated heterocycles. The van der Waals surface area contributed by atoms with Crippen molar-refractivity contribution in [1.82, 2.24) is 0 Å². The van der Waals surface area contributed by atoms with Crippen molar-refractivity contribution >= 4 is 11.9 Å². The molecule has 0 radical (unpaired) electrons. The van der Waals surface area contributed by atoms with Gasteiger partial charge in [-0.15, -0.1) is 0 Å². The maximum absolute atomic E-state index is 8.65. The van der Waals surface area contributed by atoms with Crippen molar-refractivity contribution in [2.75, 3.05) is 26.3 Å². The number of halogens is 1. The van der Waals surface area contributed by atoms with E-state index in [1.54, 1.807) is 0 Å². The van der Waals surface area contributed by atoms with Crippen LogP contribution < -0.4 is 11.5 Å². The predicted octanol–water partition coefficient (Wildman–Crippen LogP) is 0.151. The first-order valence-corrected chi connectivity index (χ1v) is 5.17. The summed E-state index contributed by atoms with van der Waals surface area (Å²) in [5.41, 5.74) is 10.2. The lowest BCUT2D eigenvalue weighted by Gasteiger charge is -1.95. The summed E-state index contributed by atoms with van der Waals surface area (Å²) in [6, 6.07) is 5.70. The zero-order valence-electron chi connectivity index (χ0n) is 9.42. The lowest BCUT2D eigenvalue weighted by molar-refractivity contribution is 0.149. The minimum absolute atomic E-state index is 0.169. The Morgan fingerprint density at radius 1 is 0.882 bits per heavy atom. The number of hydrogen-bond donors (Lipinski definition) is 5. The number of benzene rings is 1. The van der Waals surface area contributed by atoms with E-state index < -0.39 is 0 Å². The second kappa shape index (κ2) is 14.9. The third-order valence-corrected chi connectivity index (χ3v) is 1.37. The van der Waals surface area contributed by atoms with Crippen LogP contribution in [-0.2, 0) is 4.74 Å². The van der Waals surface area contributed by atoms with Crippen molar-refractivity contribution in [3.63, 3.8) is 0 Å². The van der Waals surface area contributed by atoms with Gasteiger partial charge in [0.15, 0.2) is 0 Å². The van der Waals surface area contributed by atoms with Crippen LogP contribution in [0.15, 0.2) is 24.3 Å². The third-order valence-electron chi connectivity index (χ3n) is 1.37. The summed E-state index contributed by atoms with van der Waals surface area (Å²) in [4.78, 5) is 0. The van der Waals surface area contributed by atoms with E-state index in [0.717, 1.165) is 0 Å². The van der Waals surface area contributed by atoms with E-state index in [1.807, 2.05) is 0 Å². The summed E-state index contributed by atoms with van der Waals surface area (Å²) in [6.07, 6.45) is 0. The Balaban J connectivity index is 0. The molecular weight excluding hydrogens is 248 g/mol. The van der Waals surface area contributed by atoms with Gasteiger partial charge in [-0.3, -0.25) is 4.66 Å². The predicted molar refractivity (Wildman–Crippen MR) is 66.8 cm³/mol. The molecule has 0 aliphatic rings. The molecule has 6 nitrogen and oxygen atoms in total. The third kappa shape index (κ3) is 14.9. The SMILES string of the molecule is NCCOCCN.OCl.Oc1ccc(O)cc1. The fourth-order valence-electron chi connectivity index (χ4n) is 0.721. The van der Waals surface area contributed by atoms with Gasteiger partial charge in [0.2, 0.25) is 0 Å². The van der Waals surface area contributed by atoms with Crippen molar-refractivity contribution in [2.24, 2.45) is 11.5 Å². The van der Waals surface area contributed by atoms with E-state index >= 15 is 0 Å². The highest BCUT2D eigenvalue weighted by atomic mass is 35.5. The molecule has 0 spiro atoms. The fraction of sp³-hybridized carbons (Fsp3) is 0.400. The van der Waals surface area contributed by atoms with Gasteiger partial charge in [0.1, 0.15) is 11.5 Å². The van der Waals surface area contributed by atoms with Crippen molar-refractivity contribution in [3.8, 4) is 11.5 Å². The quantitative estimate of drug-likeness (QED) is 0.391. The molecule has 17 heavy (non-hydrogen) atoms. The molecular formula is C10H19ClN2O4. The summed E-state index contributed by atoms with van der Waals surface area (Å²) in [5.74, 6) is 0.339. The Labute approximate surface area is 106 Å². The molecule has 100 valence electrons. The highest BCUT2D eigenvalue weighted by molar-refractivity contribution is 6.04. The Morgan fingerprint density at radius 2 is 1.18 bits per heavy atom. The summed E-state index contributed by atoms with van der Waals surface area (Å²) >= 11 is 3.64. The number of rotatable bonds is 4. The summed E-state index contributed by atoms with van der Waals surface area (Å²) in [7, 11) is 0. The second-order valence-corrected chi connectivity index (χ2v) is 2.71. The van der Waals surface area contributed by atoms with E-state index in [-0.39, 0.29) is 11.5 Å². The van der Waals surface area contributed by atoms with E-state index in [9.17, 15) is 0 Å². The average Bonchev–Trinajstić information content (AvgIpc) is 2.37. The normalized spacial score (nSPS) is 8.47. The zero-order chi connectivity index (χ0) is 13.5. The van der Waals surface area contributed by atoms with Crippen molar-refractivity contribution < 1.29 is 19.6 Å². The Hall–Kier alpha value is -1.05. The van der Waals surface area contributed by atoms with Crippen molar-refractivity contribution in [1.29, 1.82) is 0 Å². The first-order valence-electron chi connectivity index (χ1n) is 4.83. The van der Waals surface area contributed by atoms with Crippen LogP contribution in [0.5, 0.6) is 11.5 Å². The van der Waals surface area contributed by atoms with Gasteiger partial charge in [-0.25, -0.2) is 0 Å². The van der Waals surface area contributed by atoms with Gasteiger partial charge >= 0.3 is 0 Å². The van der Waals surface area contributed by atoms with Crippen molar-refractivity contribution in [2.45, 2.75) is 0 Å². The molecule has 0 heterocycles. The Kier molecular flexibility index (Phi) is 16.1. The summed E-state index contributed by atoms with van der Waals surface area (Å²) in [5, 5.41) is 17.3. The lowest BCUT2D eigenvalue weighted by atomic mass is 10.3. The number of hydrogen-bond acceptors (Lipinski definition) is 6. The number of phenolic OH excluding ortho intramolecular Hbond substituents is 2. The lowest BCUT2D eigenvalue weighted by Crippen LogP contribution is -2.13. The molecule has 0 amide bonds. The standard InChI is InChI=1S/C6H6O2.C4H12N2O.ClHO/c7-5-1-2-6(8)4-3-5;5-1-3-7-4-2-6;1-2/h1-4,7-8H;1-6H2;2H. The summed E-state index contributed by atoms with van der Waals surface area (Å²) in [6.45, 7) is 2.41. The number of phenols is 2. The Morgan fingerprint density at radius 3 is 1.41 bits per heavy atom. The van der Waals surface area contributed by atoms with Crippen molar-refractivity contribution in [3.05, 3.63) is 24.3 Å². The van der Waals surface area contributed by atoms with Gasteiger partial charge in [-0.1, -0.05) is 0 Å². The van der Waals surface area contributed by atoms with Crippen LogP contribution in [-0.4, -0.2) is 41.2 Å². The molecule has 0 unspecified atom stereocenters. The smallest absolute Gasteiger partial charge is 0.115 e. The molecule has 0 atom stereocenters. The first kappa shape index (κ1) is 18.3. The molecule has 0 aromatic heterocycles. The number of nitrogens with two attached hydrogens (primary N) is 2. The van der Waals surface area contributed by atoms with Gasteiger partial charge in [0.25, 0.3) is 0 Å². The van der Waals surface area contributed by atoms with Crippen LogP contribution in [0, 0.1) is 0 Å². The minimum Gasteiger partial charge on any atom is -0.508 e. The molecule has 1 aromatic rings. The molecule has 7 N–H and O–H groups in total. The van der Waals surface area contributed by atoms with E-state index in [2.05, 4.69) is 11.9 Å². The molecule has 7 heteroatoms. The largest absolute Gasteiger partial charge is 0.508 e. The van der Waals surface area contributed by atoms with Crippen LogP contribution in [0.25, 0.3) is 0 Å². The van der Waals surface area contributed by atoms with Gasteiger partial charge in [0, 0.05) is 13.1 Å². The van der Waals surface area contributed by atoms with Gasteiger partial charge in [-0.05, 0) is 24.3 Å². The molecule has 0 saturated carbocycles. The highest BCUT2D eigenvalue weighted by Gasteiger charge is 1.84. The first-order chi connectivity index (χ1) is 8.20. The maximum atomic E-state index is 8.65. The van der Waals surface area contributed by atoms with E-state index in [4.69, 9.17) is 31.1 Å². The van der Waals surface area contributed by atoms with Gasteiger partial charge < -0.3 is 26.4 Å². The highest BCUT2D eigenvalue weighted by Crippen LogP contribution is 2.13. The van der Waals surface area contributed by atoms with E-state index in [0.29, 0.717) is 26.3 Å². The maximum Gasteiger partial charge on any atom is 0.115 e. The zero-order valence-corrected chi connectivity index (χ0v) is 10.2. The van der Waals surface area contributed by atoms with Crippen LogP contribution in [0.2, 0.25) is 0 Å². The average molecular weight is 267 g/mol. The fourth-order valence-corrected chi connectivity index (χ4v) is 0.721. The molecule has 0 bridgehead atoms. The molecule has 0 fully saturated rings. The van der Waals surface area contributed by atoms with Crippen LogP contribution in [0.1, 0.15) is 0 Å². The minimum atomic E-state index is 0.169. The summed E-state index contributed by atoms with van der Waals surface area (Å²) < 4.78 is 11.4. The van der Waals surface area contributed by atoms with E-state index in [1.165, 1.54) is 24.3 Å². The number of ether oxygens (including phenoxy) is 1. The monoisotopic (exact) mass is 266 g/mol. The second-order valence-electron chi connectivity index (χ2n) is 2.71. The molecule has 1 rings (SSSR count).